The van der Waals surface area contributed by atoms with Crippen LogP contribution < -0.4 is 0 Å². The number of thioether (sulfide) groups is 1. The van der Waals surface area contributed by atoms with Gasteiger partial charge in [-0.05, 0) is 23.8 Å². The van der Waals surface area contributed by atoms with Crippen molar-refractivity contribution in [3.05, 3.63) is 46.7 Å². The summed E-state index contributed by atoms with van der Waals surface area (Å²) in [6.45, 7) is 0. The largest absolute Gasteiger partial charge is 0.238 e. The van der Waals surface area contributed by atoms with Gasteiger partial charge in [0.2, 0.25) is 0 Å². The molecule has 2 nitrogen and oxygen atoms in total. The van der Waals surface area contributed by atoms with Gasteiger partial charge in [0.05, 0.1) is 11.6 Å². The first-order chi connectivity index (χ1) is 7.79. The van der Waals surface area contributed by atoms with Crippen LogP contribution >= 0.6 is 23.1 Å². The molecule has 1 aromatic heterocycles. The highest BCUT2D eigenvalue weighted by molar-refractivity contribution is 8.00. The van der Waals surface area contributed by atoms with Crippen molar-refractivity contribution in [3.63, 3.8) is 0 Å². The minimum absolute atomic E-state index is 0.311. The maximum absolute atomic E-state index is 13.0. The van der Waals surface area contributed by atoms with Gasteiger partial charge in [0.25, 0.3) is 0 Å². The van der Waals surface area contributed by atoms with Crippen LogP contribution in [0.3, 0.4) is 0 Å². The molecule has 0 amide bonds. The number of nitriles is 1. The second-order valence-electron chi connectivity index (χ2n) is 3.00. The summed E-state index contributed by atoms with van der Waals surface area (Å²) in [5.41, 5.74) is 1.23. The zero-order chi connectivity index (χ0) is 11.4. The van der Waals surface area contributed by atoms with Crippen LogP contribution in [-0.4, -0.2) is 4.98 Å². The van der Waals surface area contributed by atoms with Crippen molar-refractivity contribution < 1.29 is 4.39 Å². The molecule has 0 N–H and O–H groups in total. The fraction of sp³-hybridized carbons (Fsp3) is 0.0909. The number of aromatic nitrogens is 1. The van der Waals surface area contributed by atoms with Gasteiger partial charge in [-0.2, -0.15) is 5.26 Å². The van der Waals surface area contributed by atoms with Gasteiger partial charge in [-0.1, -0.05) is 11.8 Å². The third-order valence-corrected chi connectivity index (χ3v) is 3.96. The van der Waals surface area contributed by atoms with Crippen molar-refractivity contribution in [3.8, 4) is 6.07 Å². The Morgan fingerprint density at radius 2 is 2.38 bits per heavy atom. The normalized spacial score (nSPS) is 10.0. The summed E-state index contributed by atoms with van der Waals surface area (Å²) in [4.78, 5) is 4.11. The lowest BCUT2D eigenvalue weighted by Gasteiger charge is -2.02. The minimum Gasteiger partial charge on any atom is -0.238 e. The van der Waals surface area contributed by atoms with E-state index in [0.29, 0.717) is 16.9 Å². The molecular formula is C11H7FN2S2. The molecule has 1 aromatic carbocycles. The van der Waals surface area contributed by atoms with Crippen molar-refractivity contribution >= 4 is 23.1 Å². The summed E-state index contributed by atoms with van der Waals surface area (Å²) in [6.07, 6.45) is 1.73. The van der Waals surface area contributed by atoms with E-state index in [9.17, 15) is 4.39 Å². The predicted molar refractivity (Wildman–Crippen MR) is 62.8 cm³/mol. The van der Waals surface area contributed by atoms with E-state index in [1.54, 1.807) is 6.20 Å². The zero-order valence-corrected chi connectivity index (χ0v) is 9.82. The molecule has 0 unspecified atom stereocenters. The standard InChI is InChI=1S/C11H7FN2S2/c12-10-2-1-8(6-13)9(5-10)7-16-11-14-3-4-15-11/h1-5H,7H2. The molecule has 0 saturated carbocycles. The van der Waals surface area contributed by atoms with Crippen LogP contribution in [0.1, 0.15) is 11.1 Å². The van der Waals surface area contributed by atoms with Crippen molar-refractivity contribution in [1.82, 2.24) is 4.98 Å². The van der Waals surface area contributed by atoms with Gasteiger partial charge in [0.15, 0.2) is 0 Å². The lowest BCUT2D eigenvalue weighted by atomic mass is 10.1. The van der Waals surface area contributed by atoms with E-state index < -0.39 is 0 Å². The van der Waals surface area contributed by atoms with Crippen LogP contribution in [0.25, 0.3) is 0 Å². The molecule has 80 valence electrons. The van der Waals surface area contributed by atoms with E-state index in [0.717, 1.165) is 4.34 Å². The van der Waals surface area contributed by atoms with Crippen molar-refractivity contribution in [1.29, 1.82) is 5.26 Å². The summed E-state index contributed by atoms with van der Waals surface area (Å²) in [6, 6.07) is 6.27. The maximum atomic E-state index is 13.0. The molecule has 5 heteroatoms. The molecule has 0 aliphatic heterocycles. The molecule has 2 rings (SSSR count). The molecule has 0 radical (unpaired) electrons. The zero-order valence-electron chi connectivity index (χ0n) is 8.18. The number of thiazole rings is 1. The van der Waals surface area contributed by atoms with Crippen molar-refractivity contribution in [2.45, 2.75) is 10.1 Å². The molecule has 0 spiro atoms. The Balaban J connectivity index is 2.15. The molecule has 0 atom stereocenters. The van der Waals surface area contributed by atoms with Gasteiger partial charge in [-0.3, -0.25) is 0 Å². The maximum Gasteiger partial charge on any atom is 0.150 e. The van der Waals surface area contributed by atoms with E-state index in [-0.39, 0.29) is 5.82 Å². The Kier molecular flexibility index (Phi) is 3.54. The fourth-order valence-corrected chi connectivity index (χ4v) is 2.84. The first-order valence-corrected chi connectivity index (χ1v) is 6.37. The van der Waals surface area contributed by atoms with Crippen molar-refractivity contribution in [2.75, 3.05) is 0 Å². The van der Waals surface area contributed by atoms with Crippen LogP contribution in [0.5, 0.6) is 0 Å². The molecular weight excluding hydrogens is 243 g/mol. The van der Waals surface area contributed by atoms with Gasteiger partial charge >= 0.3 is 0 Å². The molecule has 0 aliphatic carbocycles. The van der Waals surface area contributed by atoms with Crippen LogP contribution in [-0.2, 0) is 5.75 Å². The lowest BCUT2D eigenvalue weighted by molar-refractivity contribution is 0.626. The van der Waals surface area contributed by atoms with E-state index in [1.165, 1.54) is 41.3 Å². The number of hydrogen-bond acceptors (Lipinski definition) is 4. The number of rotatable bonds is 3. The molecule has 1 heterocycles. The van der Waals surface area contributed by atoms with Crippen LogP contribution in [0, 0.1) is 17.1 Å². The van der Waals surface area contributed by atoms with E-state index in [1.807, 2.05) is 5.38 Å². The number of nitrogens with zero attached hydrogens (tertiary/aromatic N) is 2. The number of benzene rings is 1. The monoisotopic (exact) mass is 250 g/mol. The quantitative estimate of drug-likeness (QED) is 0.783. The lowest BCUT2D eigenvalue weighted by Crippen LogP contribution is -1.89. The van der Waals surface area contributed by atoms with Gasteiger partial charge in [-0.25, -0.2) is 9.37 Å². The van der Waals surface area contributed by atoms with E-state index >= 15 is 0 Å². The molecule has 0 saturated heterocycles. The molecule has 0 fully saturated rings. The first-order valence-electron chi connectivity index (χ1n) is 4.50. The highest BCUT2D eigenvalue weighted by Gasteiger charge is 2.05. The summed E-state index contributed by atoms with van der Waals surface area (Å²) in [7, 11) is 0. The van der Waals surface area contributed by atoms with Crippen LogP contribution in [0.15, 0.2) is 34.1 Å². The fourth-order valence-electron chi connectivity index (χ4n) is 1.21. The summed E-state index contributed by atoms with van der Waals surface area (Å²) in [5, 5.41) is 10.8. The van der Waals surface area contributed by atoms with Crippen LogP contribution in [0.2, 0.25) is 0 Å². The molecule has 0 bridgehead atoms. The topological polar surface area (TPSA) is 36.7 Å². The Labute approximate surface area is 101 Å². The average molecular weight is 250 g/mol. The Hall–Kier alpha value is -1.38. The Morgan fingerprint density at radius 1 is 1.50 bits per heavy atom. The Bertz CT molecular complexity index is 517. The molecule has 0 aliphatic rings. The third-order valence-electron chi connectivity index (χ3n) is 1.95. The number of halogens is 1. The Morgan fingerprint density at radius 3 is 3.06 bits per heavy atom. The highest BCUT2D eigenvalue weighted by Crippen LogP contribution is 2.26. The molecule has 2 aromatic rings. The minimum atomic E-state index is -0.311. The SMILES string of the molecule is N#Cc1ccc(F)cc1CSc1nccs1. The van der Waals surface area contributed by atoms with Crippen LogP contribution in [0.4, 0.5) is 4.39 Å². The second-order valence-corrected chi connectivity index (χ2v) is 5.12. The van der Waals surface area contributed by atoms with E-state index in [2.05, 4.69) is 11.1 Å². The smallest absolute Gasteiger partial charge is 0.150 e. The van der Waals surface area contributed by atoms with Gasteiger partial charge < -0.3 is 0 Å². The third kappa shape index (κ3) is 2.60. The first kappa shape index (κ1) is 11.1. The average Bonchev–Trinajstić information content (AvgIpc) is 2.79. The second kappa shape index (κ2) is 5.10. The summed E-state index contributed by atoms with van der Waals surface area (Å²) < 4.78 is 13.9. The van der Waals surface area contributed by atoms with E-state index in [4.69, 9.17) is 5.26 Å². The van der Waals surface area contributed by atoms with Gasteiger partial charge in [0, 0.05) is 17.3 Å². The number of hydrogen-bond donors (Lipinski definition) is 0. The summed E-state index contributed by atoms with van der Waals surface area (Å²) >= 11 is 3.04. The summed E-state index contributed by atoms with van der Waals surface area (Å²) in [5.74, 6) is 0.252. The highest BCUT2D eigenvalue weighted by atomic mass is 32.2. The van der Waals surface area contributed by atoms with Gasteiger partial charge in [-0.15, -0.1) is 11.3 Å². The predicted octanol–water partition coefficient (Wildman–Crippen LogP) is 3.45. The van der Waals surface area contributed by atoms with Gasteiger partial charge in [0.1, 0.15) is 10.2 Å². The van der Waals surface area contributed by atoms with Crippen molar-refractivity contribution in [2.24, 2.45) is 0 Å². The molecule has 16 heavy (non-hydrogen) atoms.